The number of aromatic nitrogens is 2. The average molecular weight is 281 g/mol. The highest BCUT2D eigenvalue weighted by atomic mass is 35.5. The number of hydrogen-bond donors (Lipinski definition) is 2. The highest BCUT2D eigenvalue weighted by Gasteiger charge is 2.20. The van der Waals surface area contributed by atoms with Crippen molar-refractivity contribution in [1.29, 1.82) is 0 Å². The zero-order chi connectivity index (χ0) is 13.2. The van der Waals surface area contributed by atoms with E-state index in [-0.39, 0.29) is 10.7 Å². The molecule has 96 valence electrons. The number of amides is 1. The predicted molar refractivity (Wildman–Crippen MR) is 63.0 cm³/mol. The normalized spacial score (nSPS) is 11.5. The lowest BCUT2D eigenvalue weighted by Crippen LogP contribution is -2.41. The number of hydrazine groups is 1. The van der Waals surface area contributed by atoms with Gasteiger partial charge in [-0.2, -0.15) is 5.10 Å². The van der Waals surface area contributed by atoms with Crippen LogP contribution in [0.15, 0.2) is 0 Å². The second-order valence-electron chi connectivity index (χ2n) is 3.41. The van der Waals surface area contributed by atoms with E-state index in [9.17, 15) is 13.2 Å². The van der Waals surface area contributed by atoms with Crippen LogP contribution in [0.1, 0.15) is 23.1 Å². The van der Waals surface area contributed by atoms with Gasteiger partial charge in [-0.25, -0.2) is 8.42 Å². The molecule has 17 heavy (non-hydrogen) atoms. The number of rotatable bonds is 4. The summed E-state index contributed by atoms with van der Waals surface area (Å²) < 4.78 is 22.9. The molecule has 0 saturated heterocycles. The maximum Gasteiger partial charge on any atom is 0.286 e. The first-order chi connectivity index (χ1) is 7.76. The zero-order valence-corrected chi connectivity index (χ0v) is 11.2. The largest absolute Gasteiger partial charge is 0.286 e. The van der Waals surface area contributed by atoms with Crippen LogP contribution in [-0.2, 0) is 23.5 Å². The van der Waals surface area contributed by atoms with E-state index >= 15 is 0 Å². The number of carbonyl (C=O) groups excluding carboxylic acids is 1. The summed E-state index contributed by atoms with van der Waals surface area (Å²) in [4.78, 5) is 13.6. The van der Waals surface area contributed by atoms with E-state index in [0.29, 0.717) is 12.1 Å². The van der Waals surface area contributed by atoms with Gasteiger partial charge >= 0.3 is 0 Å². The summed E-state index contributed by atoms with van der Waals surface area (Å²) in [5.74, 6) is -0.657. The van der Waals surface area contributed by atoms with Crippen LogP contribution in [0.2, 0.25) is 5.02 Å². The third-order valence-corrected chi connectivity index (χ3v) is 2.83. The third kappa shape index (κ3) is 3.42. The quantitative estimate of drug-likeness (QED) is 0.749. The van der Waals surface area contributed by atoms with Crippen molar-refractivity contribution in [2.45, 2.75) is 13.3 Å². The Bertz CT molecular complexity index is 537. The fraction of sp³-hybridized carbons (Fsp3) is 0.500. The summed E-state index contributed by atoms with van der Waals surface area (Å²) in [6.45, 7) is 1.85. The van der Waals surface area contributed by atoms with Crippen LogP contribution in [0.25, 0.3) is 0 Å². The van der Waals surface area contributed by atoms with Crippen LogP contribution >= 0.6 is 11.6 Å². The number of carbonyl (C=O) groups is 1. The molecule has 0 atom stereocenters. The second kappa shape index (κ2) is 5.03. The zero-order valence-electron chi connectivity index (χ0n) is 9.61. The SMILES string of the molecule is CCc1nn(C)c(C(=O)NNS(C)(=O)=O)c1Cl. The Morgan fingerprint density at radius 1 is 1.53 bits per heavy atom. The van der Waals surface area contributed by atoms with E-state index in [1.54, 1.807) is 7.05 Å². The van der Waals surface area contributed by atoms with E-state index in [0.717, 1.165) is 6.26 Å². The summed E-state index contributed by atoms with van der Waals surface area (Å²) in [7, 11) is -1.95. The Balaban J connectivity index is 2.93. The Morgan fingerprint density at radius 2 is 2.12 bits per heavy atom. The molecule has 0 spiro atoms. The topological polar surface area (TPSA) is 93.1 Å². The molecule has 0 aliphatic rings. The summed E-state index contributed by atoms with van der Waals surface area (Å²) >= 11 is 5.95. The van der Waals surface area contributed by atoms with Crippen LogP contribution in [-0.4, -0.2) is 30.4 Å². The fourth-order valence-electron chi connectivity index (χ4n) is 1.22. The maximum atomic E-state index is 11.7. The van der Waals surface area contributed by atoms with Gasteiger partial charge in [0.25, 0.3) is 5.91 Å². The number of nitrogens with zero attached hydrogens (tertiary/aromatic N) is 2. The predicted octanol–water partition coefficient (Wildman–Crippen LogP) is -0.170. The molecule has 1 rings (SSSR count). The standard InChI is InChI=1S/C8H13ClN4O3S/c1-4-5-6(9)7(13(2)11-5)8(14)10-12-17(3,15)16/h12H,4H2,1-3H3,(H,10,14). The first-order valence-corrected chi connectivity index (χ1v) is 7.01. The molecule has 1 heterocycles. The van der Waals surface area contributed by atoms with Crippen molar-refractivity contribution in [3.63, 3.8) is 0 Å². The number of sulfonamides is 1. The lowest BCUT2D eigenvalue weighted by Gasteiger charge is -2.05. The minimum absolute atomic E-state index is 0.111. The number of nitrogens with one attached hydrogen (secondary N) is 2. The fourth-order valence-corrected chi connectivity index (χ4v) is 1.88. The Labute approximate surface area is 104 Å². The molecule has 0 unspecified atom stereocenters. The number of halogens is 1. The number of aryl methyl sites for hydroxylation is 2. The molecule has 0 radical (unpaired) electrons. The van der Waals surface area contributed by atoms with E-state index < -0.39 is 15.9 Å². The molecule has 7 nitrogen and oxygen atoms in total. The summed E-state index contributed by atoms with van der Waals surface area (Å²) in [5, 5.41) is 4.27. The molecule has 0 fully saturated rings. The van der Waals surface area contributed by atoms with Crippen LogP contribution in [0.5, 0.6) is 0 Å². The molecule has 1 aromatic rings. The maximum absolute atomic E-state index is 11.7. The van der Waals surface area contributed by atoms with Gasteiger partial charge in [0.1, 0.15) is 5.69 Å². The van der Waals surface area contributed by atoms with Crippen molar-refractivity contribution in [1.82, 2.24) is 20.0 Å². The number of hydrogen-bond acceptors (Lipinski definition) is 4. The molecule has 0 aliphatic carbocycles. The molecule has 0 aromatic carbocycles. The van der Waals surface area contributed by atoms with Crippen LogP contribution < -0.4 is 10.3 Å². The van der Waals surface area contributed by atoms with Gasteiger partial charge in [0.2, 0.25) is 10.0 Å². The molecule has 0 aliphatic heterocycles. The van der Waals surface area contributed by atoms with Crippen molar-refractivity contribution in [2.24, 2.45) is 7.05 Å². The van der Waals surface area contributed by atoms with Gasteiger partial charge in [0.15, 0.2) is 0 Å². The lowest BCUT2D eigenvalue weighted by molar-refractivity contribution is 0.0936. The van der Waals surface area contributed by atoms with Crippen molar-refractivity contribution in [3.05, 3.63) is 16.4 Å². The van der Waals surface area contributed by atoms with E-state index in [4.69, 9.17) is 11.6 Å². The minimum atomic E-state index is -3.51. The molecular formula is C8H13ClN4O3S. The van der Waals surface area contributed by atoms with Crippen molar-refractivity contribution in [3.8, 4) is 0 Å². The van der Waals surface area contributed by atoms with Gasteiger partial charge in [-0.1, -0.05) is 18.5 Å². The molecule has 0 bridgehead atoms. The monoisotopic (exact) mass is 280 g/mol. The lowest BCUT2D eigenvalue weighted by atomic mass is 10.3. The van der Waals surface area contributed by atoms with Crippen LogP contribution in [0, 0.1) is 0 Å². The summed E-state index contributed by atoms with van der Waals surface area (Å²) in [6.07, 6.45) is 1.51. The molecule has 1 amide bonds. The van der Waals surface area contributed by atoms with Crippen molar-refractivity contribution in [2.75, 3.05) is 6.26 Å². The van der Waals surface area contributed by atoms with Gasteiger partial charge in [0, 0.05) is 7.05 Å². The highest BCUT2D eigenvalue weighted by Crippen LogP contribution is 2.20. The average Bonchev–Trinajstić information content (AvgIpc) is 2.49. The van der Waals surface area contributed by atoms with Gasteiger partial charge in [-0.15, -0.1) is 4.83 Å². The molecule has 0 saturated carbocycles. The second-order valence-corrected chi connectivity index (χ2v) is 5.54. The first-order valence-electron chi connectivity index (χ1n) is 4.74. The molecule has 2 N–H and O–H groups in total. The van der Waals surface area contributed by atoms with E-state index in [1.807, 2.05) is 17.2 Å². The molecule has 1 aromatic heterocycles. The van der Waals surface area contributed by atoms with E-state index in [1.165, 1.54) is 4.68 Å². The Morgan fingerprint density at radius 3 is 2.53 bits per heavy atom. The van der Waals surface area contributed by atoms with Crippen LogP contribution in [0.4, 0.5) is 0 Å². The highest BCUT2D eigenvalue weighted by molar-refractivity contribution is 7.88. The van der Waals surface area contributed by atoms with Gasteiger partial charge < -0.3 is 0 Å². The van der Waals surface area contributed by atoms with Crippen LogP contribution in [0.3, 0.4) is 0 Å². The Kier molecular flexibility index (Phi) is 4.12. The van der Waals surface area contributed by atoms with Gasteiger partial charge in [0.05, 0.1) is 17.0 Å². The van der Waals surface area contributed by atoms with Gasteiger partial charge in [-0.05, 0) is 6.42 Å². The van der Waals surface area contributed by atoms with Crippen molar-refractivity contribution < 1.29 is 13.2 Å². The third-order valence-electron chi connectivity index (χ3n) is 1.96. The van der Waals surface area contributed by atoms with Crippen molar-refractivity contribution >= 4 is 27.5 Å². The summed E-state index contributed by atoms with van der Waals surface area (Å²) in [6, 6.07) is 0. The van der Waals surface area contributed by atoms with Gasteiger partial charge in [-0.3, -0.25) is 14.9 Å². The Hall–Kier alpha value is -1.12. The smallest absolute Gasteiger partial charge is 0.272 e. The molecule has 9 heteroatoms. The summed E-state index contributed by atoms with van der Waals surface area (Å²) in [5.41, 5.74) is 2.73. The first kappa shape index (κ1) is 13.9. The molecular weight excluding hydrogens is 268 g/mol. The van der Waals surface area contributed by atoms with E-state index in [2.05, 4.69) is 5.10 Å². The minimum Gasteiger partial charge on any atom is -0.272 e.